The maximum absolute atomic E-state index is 6.56. The predicted octanol–water partition coefficient (Wildman–Crippen LogP) is 7.15. The van der Waals surface area contributed by atoms with Crippen LogP contribution in [-0.4, -0.2) is 31.6 Å². The van der Waals surface area contributed by atoms with Crippen molar-refractivity contribution in [3.63, 3.8) is 0 Å². The topological polar surface area (TPSA) is 81.7 Å². The molecule has 34 heavy (non-hydrogen) atoms. The molecule has 1 saturated carbocycles. The van der Waals surface area contributed by atoms with Gasteiger partial charge in [-0.15, -0.1) is 0 Å². The van der Waals surface area contributed by atoms with Crippen molar-refractivity contribution >= 4 is 51.8 Å². The van der Waals surface area contributed by atoms with Gasteiger partial charge in [0.1, 0.15) is 12.2 Å². The Bertz CT molecular complexity index is 1260. The van der Waals surface area contributed by atoms with E-state index in [9.17, 15) is 0 Å². The van der Waals surface area contributed by atoms with Crippen LogP contribution in [0.2, 0.25) is 15.1 Å². The van der Waals surface area contributed by atoms with Crippen molar-refractivity contribution in [1.82, 2.24) is 19.5 Å². The summed E-state index contributed by atoms with van der Waals surface area (Å²) in [7, 11) is 0. The summed E-state index contributed by atoms with van der Waals surface area (Å²) in [6, 6.07) is 13.5. The summed E-state index contributed by atoms with van der Waals surface area (Å²) in [6.07, 6.45) is 5.55. The number of fused-ring (bicyclic) bond motifs is 1. The third kappa shape index (κ3) is 5.15. The van der Waals surface area contributed by atoms with Crippen molar-refractivity contribution in [2.75, 3.05) is 5.32 Å². The van der Waals surface area contributed by atoms with E-state index in [4.69, 9.17) is 45.5 Å². The maximum Gasteiger partial charge on any atom is 0.170 e. The molecule has 0 bridgehead atoms. The van der Waals surface area contributed by atoms with Crippen LogP contribution in [0, 0.1) is 0 Å². The Morgan fingerprint density at radius 1 is 0.912 bits per heavy atom. The van der Waals surface area contributed by atoms with Crippen molar-refractivity contribution < 1.29 is 0 Å². The van der Waals surface area contributed by atoms with Crippen LogP contribution >= 0.6 is 34.8 Å². The Morgan fingerprint density at radius 2 is 1.59 bits per heavy atom. The summed E-state index contributed by atoms with van der Waals surface area (Å²) in [4.78, 5) is 14.0. The molecule has 3 N–H and O–H groups in total. The van der Waals surface area contributed by atoms with E-state index >= 15 is 0 Å². The quantitative estimate of drug-likeness (QED) is 0.300. The molecule has 0 saturated heterocycles. The minimum atomic E-state index is 0.279. The second kappa shape index (κ2) is 10.9. The fourth-order valence-corrected chi connectivity index (χ4v) is 4.76. The molecule has 0 atom stereocenters. The Morgan fingerprint density at radius 3 is 2.26 bits per heavy atom. The molecule has 0 spiro atoms. The molecule has 6 nitrogen and oxygen atoms in total. The highest BCUT2D eigenvalue weighted by Crippen LogP contribution is 2.35. The smallest absolute Gasteiger partial charge is 0.170 e. The first kappa shape index (κ1) is 24.7. The molecule has 1 aliphatic carbocycles. The lowest BCUT2D eigenvalue weighted by atomic mass is 9.92. The number of halogens is 3. The number of hydrogen-bond acceptors (Lipinski definition) is 5. The monoisotopic (exact) mass is 516 g/mol. The highest BCUT2D eigenvalue weighted by Gasteiger charge is 2.23. The molecule has 178 valence electrons. The van der Waals surface area contributed by atoms with E-state index in [0.717, 1.165) is 36.9 Å². The lowest BCUT2D eigenvalue weighted by molar-refractivity contribution is 0.410. The molecule has 2 aromatic heterocycles. The predicted molar refractivity (Wildman–Crippen MR) is 142 cm³/mol. The van der Waals surface area contributed by atoms with Crippen LogP contribution in [0.5, 0.6) is 0 Å². The molecule has 5 rings (SSSR count). The van der Waals surface area contributed by atoms with Crippen molar-refractivity contribution in [2.45, 2.75) is 51.6 Å². The number of nitrogens with zero attached hydrogens (tertiary/aromatic N) is 4. The summed E-state index contributed by atoms with van der Waals surface area (Å²) in [6.45, 7) is 4.00. The highest BCUT2D eigenvalue weighted by molar-refractivity contribution is 6.36. The van der Waals surface area contributed by atoms with Gasteiger partial charge in [-0.1, -0.05) is 48.7 Å². The van der Waals surface area contributed by atoms with Crippen molar-refractivity contribution in [2.24, 2.45) is 5.73 Å². The van der Waals surface area contributed by atoms with Crippen LogP contribution < -0.4 is 11.1 Å². The number of rotatable bonds is 4. The minimum Gasteiger partial charge on any atom is -0.365 e. The van der Waals surface area contributed by atoms with E-state index in [0.29, 0.717) is 43.9 Å². The molecular weight excluding hydrogens is 491 g/mol. The van der Waals surface area contributed by atoms with E-state index < -0.39 is 0 Å². The zero-order valence-corrected chi connectivity index (χ0v) is 21.4. The Balaban J connectivity index is 0.00000133. The van der Waals surface area contributed by atoms with Crippen LogP contribution in [-0.2, 0) is 0 Å². The molecular formula is C25H27Cl3N6. The Hall–Kier alpha value is -2.38. The zero-order valence-electron chi connectivity index (χ0n) is 19.1. The van der Waals surface area contributed by atoms with Gasteiger partial charge in [-0.3, -0.25) is 4.57 Å². The summed E-state index contributed by atoms with van der Waals surface area (Å²) < 4.78 is 1.96. The van der Waals surface area contributed by atoms with Crippen LogP contribution in [0.4, 0.5) is 5.82 Å². The molecule has 2 aromatic carbocycles. The SMILES string of the molecule is CC.NC1CCC(Nc2ncnc3c2nc(-c2ccc(Cl)cc2Cl)n3-c2ccc(Cl)cc2)CC1. The van der Waals surface area contributed by atoms with Crippen molar-refractivity contribution in [3.8, 4) is 17.1 Å². The Kier molecular flexibility index (Phi) is 7.94. The van der Waals surface area contributed by atoms with Crippen LogP contribution in [0.3, 0.4) is 0 Å². The Labute approximate surface area is 214 Å². The first-order chi connectivity index (χ1) is 16.5. The largest absolute Gasteiger partial charge is 0.365 e. The fourth-order valence-electron chi connectivity index (χ4n) is 4.14. The van der Waals surface area contributed by atoms with Gasteiger partial charge in [-0.05, 0) is 68.1 Å². The highest BCUT2D eigenvalue weighted by atomic mass is 35.5. The number of imidazole rings is 1. The first-order valence-electron chi connectivity index (χ1n) is 11.5. The number of nitrogens with one attached hydrogen (secondary N) is 1. The first-order valence-corrected chi connectivity index (χ1v) is 12.6. The molecule has 0 amide bonds. The summed E-state index contributed by atoms with van der Waals surface area (Å²) in [5, 5.41) is 5.28. The second-order valence-electron chi connectivity index (χ2n) is 8.02. The molecule has 9 heteroatoms. The third-order valence-electron chi connectivity index (χ3n) is 5.81. The van der Waals surface area contributed by atoms with E-state index in [-0.39, 0.29) is 6.04 Å². The minimum absolute atomic E-state index is 0.279. The fraction of sp³-hybridized carbons (Fsp3) is 0.320. The van der Waals surface area contributed by atoms with Crippen LogP contribution in [0.1, 0.15) is 39.5 Å². The summed E-state index contributed by atoms with van der Waals surface area (Å²) in [5.41, 5.74) is 9.04. The molecule has 0 unspecified atom stereocenters. The average molecular weight is 518 g/mol. The van der Waals surface area contributed by atoms with Gasteiger partial charge in [0, 0.05) is 33.4 Å². The molecule has 4 aromatic rings. The molecule has 2 heterocycles. The number of benzene rings is 2. The van der Waals surface area contributed by atoms with Gasteiger partial charge in [-0.2, -0.15) is 0 Å². The van der Waals surface area contributed by atoms with Crippen molar-refractivity contribution in [3.05, 3.63) is 63.9 Å². The van der Waals surface area contributed by atoms with Gasteiger partial charge in [0.05, 0.1) is 5.02 Å². The number of anilines is 1. The maximum atomic E-state index is 6.56. The number of hydrogen-bond donors (Lipinski definition) is 2. The standard InChI is InChI=1S/C23H21Cl3N6.C2H6/c24-13-1-8-17(9-2-13)32-22(18-10-3-14(25)11-19(18)26)31-20-21(28-12-29-23(20)32)30-16-6-4-15(27)5-7-16;1-2/h1-3,8-12,15-16H,4-7,27H2,(H,28,29,30);1-2H3. The van der Waals surface area contributed by atoms with E-state index in [1.807, 2.05) is 48.7 Å². The third-order valence-corrected chi connectivity index (χ3v) is 6.61. The number of nitrogens with two attached hydrogens (primary N) is 1. The van der Waals surface area contributed by atoms with E-state index in [1.54, 1.807) is 18.5 Å². The lowest BCUT2D eigenvalue weighted by Gasteiger charge is -2.27. The normalized spacial score (nSPS) is 17.8. The summed E-state index contributed by atoms with van der Waals surface area (Å²) >= 11 is 18.8. The molecule has 0 radical (unpaired) electrons. The van der Waals surface area contributed by atoms with Gasteiger partial charge >= 0.3 is 0 Å². The van der Waals surface area contributed by atoms with E-state index in [1.165, 1.54) is 0 Å². The number of aromatic nitrogens is 4. The zero-order chi connectivity index (χ0) is 24.2. The molecule has 1 fully saturated rings. The van der Waals surface area contributed by atoms with Gasteiger partial charge < -0.3 is 11.1 Å². The van der Waals surface area contributed by atoms with Gasteiger partial charge in [0.25, 0.3) is 0 Å². The summed E-state index contributed by atoms with van der Waals surface area (Å²) in [5.74, 6) is 1.35. The van der Waals surface area contributed by atoms with Gasteiger partial charge in [-0.25, -0.2) is 15.0 Å². The molecule has 1 aliphatic rings. The van der Waals surface area contributed by atoms with Crippen molar-refractivity contribution in [1.29, 1.82) is 0 Å². The molecule has 0 aliphatic heterocycles. The average Bonchev–Trinajstić information content (AvgIpc) is 3.22. The van der Waals surface area contributed by atoms with Crippen LogP contribution in [0.25, 0.3) is 28.2 Å². The second-order valence-corrected chi connectivity index (χ2v) is 9.30. The van der Waals surface area contributed by atoms with Gasteiger partial charge in [0.15, 0.2) is 17.0 Å². The van der Waals surface area contributed by atoms with Gasteiger partial charge in [0.2, 0.25) is 0 Å². The van der Waals surface area contributed by atoms with E-state index in [2.05, 4.69) is 15.3 Å². The van der Waals surface area contributed by atoms with Crippen LogP contribution in [0.15, 0.2) is 48.8 Å². The lowest BCUT2D eigenvalue weighted by Crippen LogP contribution is -2.33.